The first-order valence-corrected chi connectivity index (χ1v) is 13.1. The zero-order valence-electron chi connectivity index (χ0n) is 19.5. The number of fused-ring (bicyclic) bond motifs is 1. The molecule has 2 amide bonds. The van der Waals surface area contributed by atoms with Crippen molar-refractivity contribution in [3.8, 4) is 0 Å². The molecule has 5 N–H and O–H groups in total. The first kappa shape index (κ1) is 23.3. The van der Waals surface area contributed by atoms with E-state index in [1.807, 2.05) is 24.9 Å². The van der Waals surface area contributed by atoms with E-state index in [0.29, 0.717) is 34.6 Å². The summed E-state index contributed by atoms with van der Waals surface area (Å²) in [5.41, 5.74) is 5.14. The number of carbonyl (C=O) groups is 2. The predicted octanol–water partition coefficient (Wildman–Crippen LogP) is 2.39. The molecule has 0 aliphatic heterocycles. The Labute approximate surface area is 208 Å². The Morgan fingerprint density at radius 1 is 1.29 bits per heavy atom. The molecule has 1 atom stereocenters. The lowest BCUT2D eigenvalue weighted by atomic mass is 9.90. The summed E-state index contributed by atoms with van der Waals surface area (Å²) in [4.78, 5) is 29.1. The Balaban J connectivity index is 1.47. The second-order valence-electron chi connectivity index (χ2n) is 9.61. The molecule has 0 bridgehead atoms. The Kier molecular flexibility index (Phi) is 6.34. The average molecular weight is 502 g/mol. The summed E-state index contributed by atoms with van der Waals surface area (Å²) in [5, 5.41) is 11.7. The van der Waals surface area contributed by atoms with Crippen molar-refractivity contribution in [3.05, 3.63) is 27.8 Å². The van der Waals surface area contributed by atoms with Crippen LogP contribution in [-0.4, -0.2) is 39.3 Å². The summed E-state index contributed by atoms with van der Waals surface area (Å²) in [6, 6.07) is 1.99. The van der Waals surface area contributed by atoms with Gasteiger partial charge in [0.1, 0.15) is 10.8 Å². The molecule has 2 aromatic heterocycles. The van der Waals surface area contributed by atoms with E-state index in [1.165, 1.54) is 0 Å². The molecule has 182 valence electrons. The highest BCUT2D eigenvalue weighted by molar-refractivity contribution is 7.80. The van der Waals surface area contributed by atoms with Gasteiger partial charge in [-0.15, -0.1) is 11.3 Å². The molecular formula is C23H31N7O2S2. The van der Waals surface area contributed by atoms with Crippen LogP contribution in [0.25, 0.3) is 0 Å². The largest absolute Gasteiger partial charge is 0.352 e. The van der Waals surface area contributed by atoms with Crippen molar-refractivity contribution in [1.29, 1.82) is 0 Å². The fraction of sp³-hybridized carbons (Fsp3) is 0.565. The zero-order valence-corrected chi connectivity index (χ0v) is 21.2. The number of aryl methyl sites for hydroxylation is 3. The van der Waals surface area contributed by atoms with E-state index in [4.69, 9.17) is 18.1 Å². The molecule has 5 rings (SSSR count). The number of nitrogens with one attached hydrogen (secondary N) is 3. The number of thiocarbonyl (C=S) groups is 1. The molecule has 2 saturated carbocycles. The number of hydrogen-bond donors (Lipinski definition) is 4. The van der Waals surface area contributed by atoms with E-state index in [1.54, 1.807) is 16.0 Å². The second-order valence-corrected chi connectivity index (χ2v) is 11.1. The van der Waals surface area contributed by atoms with Crippen LogP contribution >= 0.6 is 23.6 Å². The first-order chi connectivity index (χ1) is 16.4. The van der Waals surface area contributed by atoms with Crippen LogP contribution in [0.5, 0.6) is 0 Å². The molecule has 0 aromatic carbocycles. The fourth-order valence-corrected chi connectivity index (χ4v) is 6.16. The predicted molar refractivity (Wildman–Crippen MR) is 137 cm³/mol. The summed E-state index contributed by atoms with van der Waals surface area (Å²) >= 11 is 7.12. The van der Waals surface area contributed by atoms with E-state index >= 15 is 0 Å². The molecule has 34 heavy (non-hydrogen) atoms. The van der Waals surface area contributed by atoms with Crippen LogP contribution in [0, 0.1) is 18.8 Å². The zero-order chi connectivity index (χ0) is 24.0. The number of aromatic nitrogens is 2. The third-order valence-electron chi connectivity index (χ3n) is 6.83. The van der Waals surface area contributed by atoms with Crippen LogP contribution in [0.3, 0.4) is 0 Å². The molecule has 2 heterocycles. The van der Waals surface area contributed by atoms with Crippen LogP contribution in [-0.2, 0) is 24.7 Å². The van der Waals surface area contributed by atoms with Crippen LogP contribution in [0.15, 0.2) is 6.07 Å². The number of carbonyl (C=O) groups excluding carboxylic acids is 2. The van der Waals surface area contributed by atoms with Gasteiger partial charge in [-0.2, -0.15) is 5.10 Å². The number of hydrogen-bond acceptors (Lipinski definition) is 6. The molecule has 3 aliphatic rings. The highest BCUT2D eigenvalue weighted by atomic mass is 32.1. The van der Waals surface area contributed by atoms with Crippen LogP contribution < -0.4 is 26.8 Å². The quantitative estimate of drug-likeness (QED) is 0.261. The van der Waals surface area contributed by atoms with Crippen molar-refractivity contribution in [2.75, 3.05) is 16.8 Å². The van der Waals surface area contributed by atoms with E-state index < -0.39 is 0 Å². The summed E-state index contributed by atoms with van der Waals surface area (Å²) in [7, 11) is 1.88. The first-order valence-electron chi connectivity index (χ1n) is 11.9. The van der Waals surface area contributed by atoms with Crippen molar-refractivity contribution in [3.63, 3.8) is 0 Å². The molecule has 2 fully saturated rings. The van der Waals surface area contributed by atoms with Gasteiger partial charge in [-0.25, -0.2) is 5.84 Å². The van der Waals surface area contributed by atoms with Gasteiger partial charge in [-0.3, -0.25) is 19.2 Å². The molecule has 0 unspecified atom stereocenters. The molecule has 0 saturated heterocycles. The smallest absolute Gasteiger partial charge is 0.254 e. The summed E-state index contributed by atoms with van der Waals surface area (Å²) in [6.45, 7) is 2.63. The number of thiophene rings is 1. The number of anilines is 2. The molecular weight excluding hydrogens is 470 g/mol. The van der Waals surface area contributed by atoms with Gasteiger partial charge in [0.15, 0.2) is 5.11 Å². The minimum Gasteiger partial charge on any atom is -0.352 e. The monoisotopic (exact) mass is 501 g/mol. The third-order valence-corrected chi connectivity index (χ3v) is 8.35. The van der Waals surface area contributed by atoms with Gasteiger partial charge in [0.25, 0.3) is 5.91 Å². The lowest BCUT2D eigenvalue weighted by Gasteiger charge is -2.35. The van der Waals surface area contributed by atoms with Gasteiger partial charge < -0.3 is 16.1 Å². The second kappa shape index (κ2) is 9.27. The summed E-state index contributed by atoms with van der Waals surface area (Å²) in [5.74, 6) is 7.17. The van der Waals surface area contributed by atoms with Gasteiger partial charge in [0.2, 0.25) is 5.91 Å². The van der Waals surface area contributed by atoms with E-state index in [9.17, 15) is 9.59 Å². The Bertz CT molecular complexity index is 1130. The highest BCUT2D eigenvalue weighted by Crippen LogP contribution is 2.41. The van der Waals surface area contributed by atoms with E-state index in [2.05, 4.69) is 21.2 Å². The van der Waals surface area contributed by atoms with Gasteiger partial charge in [-0.1, -0.05) is 0 Å². The number of hydrazine groups is 1. The van der Waals surface area contributed by atoms with Crippen molar-refractivity contribution in [2.24, 2.45) is 24.7 Å². The van der Waals surface area contributed by atoms with Crippen molar-refractivity contribution >= 4 is 51.3 Å². The average Bonchev–Trinajstić information content (AvgIpc) is 3.73. The van der Waals surface area contributed by atoms with Crippen molar-refractivity contribution in [2.45, 2.75) is 57.9 Å². The Morgan fingerprint density at radius 3 is 2.68 bits per heavy atom. The maximum Gasteiger partial charge on any atom is 0.254 e. The standard InChI is InChI=1S/C23H31N7O2S2/c1-12-9-18(29(2)28-12)30(23(33)27-24)15-7-8-17-16(10-15)19(21(32)25-11-13-3-4-13)22(34-17)26-20(31)14-5-6-14/h9,13-15H,3-8,10-11,24H2,1-2H3,(H,25,32)(H,26,31)(H,27,33)/t15-/m1/s1. The highest BCUT2D eigenvalue weighted by Gasteiger charge is 2.36. The molecule has 0 spiro atoms. The topological polar surface area (TPSA) is 117 Å². The molecule has 11 heteroatoms. The van der Waals surface area contributed by atoms with Gasteiger partial charge >= 0.3 is 0 Å². The summed E-state index contributed by atoms with van der Waals surface area (Å²) < 4.78 is 1.80. The van der Waals surface area contributed by atoms with Crippen LogP contribution in [0.4, 0.5) is 10.8 Å². The Hall–Kier alpha value is -2.50. The number of nitrogens with zero attached hydrogens (tertiary/aromatic N) is 3. The number of amides is 2. The van der Waals surface area contributed by atoms with Crippen molar-refractivity contribution in [1.82, 2.24) is 20.5 Å². The van der Waals surface area contributed by atoms with E-state index in [-0.39, 0.29) is 23.8 Å². The number of nitrogens with two attached hydrogens (primary N) is 1. The maximum atomic E-state index is 13.4. The Morgan fingerprint density at radius 2 is 2.06 bits per heavy atom. The summed E-state index contributed by atoms with van der Waals surface area (Å²) in [6.07, 6.45) is 6.45. The molecule has 0 radical (unpaired) electrons. The minimum atomic E-state index is -0.0985. The molecule has 9 nitrogen and oxygen atoms in total. The minimum absolute atomic E-state index is 0.00224. The van der Waals surface area contributed by atoms with Crippen molar-refractivity contribution < 1.29 is 9.59 Å². The van der Waals surface area contributed by atoms with Gasteiger partial charge in [0.05, 0.1) is 11.3 Å². The molecule has 3 aliphatic carbocycles. The normalized spacial score (nSPS) is 19.3. The van der Waals surface area contributed by atoms with E-state index in [0.717, 1.165) is 60.5 Å². The lowest BCUT2D eigenvalue weighted by molar-refractivity contribution is -0.117. The molecule has 2 aromatic rings. The SMILES string of the molecule is Cc1cc(N(C(=S)NN)[C@@H]2CCc3sc(NC(=O)C4CC4)c(C(=O)NCC4CC4)c3C2)n(C)n1. The van der Waals surface area contributed by atoms with Crippen LogP contribution in [0.2, 0.25) is 0 Å². The lowest BCUT2D eigenvalue weighted by Crippen LogP contribution is -2.51. The fourth-order valence-electron chi connectivity index (χ4n) is 4.67. The van der Waals surface area contributed by atoms with Gasteiger partial charge in [-0.05, 0) is 75.6 Å². The number of rotatable bonds is 7. The third kappa shape index (κ3) is 4.69. The maximum absolute atomic E-state index is 13.4. The van der Waals surface area contributed by atoms with Gasteiger partial charge in [0, 0.05) is 36.5 Å². The van der Waals surface area contributed by atoms with Crippen LogP contribution in [0.1, 0.15) is 58.6 Å².